The third-order valence-corrected chi connectivity index (χ3v) is 6.09. The van der Waals surface area contributed by atoms with Crippen molar-refractivity contribution in [3.63, 3.8) is 0 Å². The Morgan fingerprint density at radius 2 is 2.14 bits per heavy atom. The summed E-state index contributed by atoms with van der Waals surface area (Å²) in [5.41, 5.74) is 6.80. The lowest BCUT2D eigenvalue weighted by Gasteiger charge is -2.45. The first-order valence-corrected chi connectivity index (χ1v) is 9.06. The second-order valence-corrected chi connectivity index (χ2v) is 7.69. The number of nitrogens with two attached hydrogens (primary N) is 1. The van der Waals surface area contributed by atoms with Crippen molar-refractivity contribution in [1.29, 1.82) is 0 Å². The normalized spacial score (nSPS) is 26.7. The van der Waals surface area contributed by atoms with E-state index < -0.39 is 0 Å². The molecule has 2 unspecified atom stereocenters. The van der Waals surface area contributed by atoms with Gasteiger partial charge in [0.25, 0.3) is 0 Å². The second-order valence-electron chi connectivity index (χ2n) is 6.06. The number of benzene rings is 1. The molecule has 1 spiro atoms. The van der Waals surface area contributed by atoms with Crippen LogP contribution in [0.4, 0.5) is 4.39 Å². The lowest BCUT2D eigenvalue weighted by molar-refractivity contribution is -0.106. The van der Waals surface area contributed by atoms with Gasteiger partial charge in [0, 0.05) is 23.2 Å². The fraction of sp³-hybridized carbons (Fsp3) is 0.625. The van der Waals surface area contributed by atoms with E-state index in [9.17, 15) is 4.39 Å². The monoisotopic (exact) mass is 329 g/mol. The Bertz CT molecular complexity index is 481. The standard InChI is InChI=1S/C16H21ClFNOS/c17-12-2-1-3-13(18)14(12)15(19)11-4-7-20-16(10-11)5-8-21-9-6-16/h1-3,11,15H,4-10,19H2. The average Bonchev–Trinajstić information content (AvgIpc) is 2.48. The Morgan fingerprint density at radius 1 is 1.38 bits per heavy atom. The number of hydrogen-bond donors (Lipinski definition) is 1. The Labute approximate surface area is 134 Å². The maximum Gasteiger partial charge on any atom is 0.129 e. The van der Waals surface area contributed by atoms with Crippen LogP contribution in [0.25, 0.3) is 0 Å². The molecular formula is C16H21ClFNOS. The van der Waals surface area contributed by atoms with E-state index >= 15 is 0 Å². The minimum Gasteiger partial charge on any atom is -0.375 e. The Morgan fingerprint density at radius 3 is 2.86 bits per heavy atom. The molecule has 2 aliphatic rings. The molecule has 2 atom stereocenters. The lowest BCUT2D eigenvalue weighted by atomic mass is 9.77. The molecule has 21 heavy (non-hydrogen) atoms. The molecule has 3 rings (SSSR count). The van der Waals surface area contributed by atoms with Crippen LogP contribution >= 0.6 is 23.4 Å². The fourth-order valence-corrected chi connectivity index (χ4v) is 5.05. The first-order valence-electron chi connectivity index (χ1n) is 7.52. The Kier molecular flexibility index (Phi) is 4.79. The number of hydrogen-bond acceptors (Lipinski definition) is 3. The molecule has 0 bridgehead atoms. The zero-order valence-corrected chi connectivity index (χ0v) is 13.6. The van der Waals surface area contributed by atoms with Crippen LogP contribution in [0, 0.1) is 11.7 Å². The summed E-state index contributed by atoms with van der Waals surface area (Å²) in [5.74, 6) is 2.22. The molecule has 5 heteroatoms. The van der Waals surface area contributed by atoms with E-state index in [-0.39, 0.29) is 23.4 Å². The van der Waals surface area contributed by atoms with Gasteiger partial charge < -0.3 is 10.5 Å². The molecule has 2 heterocycles. The van der Waals surface area contributed by atoms with Crippen LogP contribution in [0.5, 0.6) is 0 Å². The molecule has 0 amide bonds. The van der Waals surface area contributed by atoms with E-state index in [1.807, 2.05) is 11.8 Å². The predicted octanol–water partition coefficient (Wildman–Crippen LogP) is 4.17. The van der Waals surface area contributed by atoms with E-state index in [1.54, 1.807) is 12.1 Å². The van der Waals surface area contributed by atoms with Crippen LogP contribution in [-0.4, -0.2) is 23.7 Å². The maximum atomic E-state index is 14.1. The van der Waals surface area contributed by atoms with Crippen LogP contribution in [0.3, 0.4) is 0 Å². The van der Waals surface area contributed by atoms with Gasteiger partial charge in [0.15, 0.2) is 0 Å². The van der Waals surface area contributed by atoms with Gasteiger partial charge in [-0.3, -0.25) is 0 Å². The van der Waals surface area contributed by atoms with E-state index in [0.29, 0.717) is 10.6 Å². The summed E-state index contributed by atoms with van der Waals surface area (Å²) in [5, 5.41) is 0.433. The number of halogens is 2. The summed E-state index contributed by atoms with van der Waals surface area (Å²) in [6, 6.07) is 4.42. The van der Waals surface area contributed by atoms with Crippen molar-refractivity contribution in [3.05, 3.63) is 34.6 Å². The number of rotatable bonds is 2. The van der Waals surface area contributed by atoms with Gasteiger partial charge in [-0.25, -0.2) is 4.39 Å². The van der Waals surface area contributed by atoms with Gasteiger partial charge in [-0.15, -0.1) is 0 Å². The molecule has 2 N–H and O–H groups in total. The Hall–Kier alpha value is -0.290. The summed E-state index contributed by atoms with van der Waals surface area (Å²) in [7, 11) is 0. The van der Waals surface area contributed by atoms with Gasteiger partial charge >= 0.3 is 0 Å². The maximum absolute atomic E-state index is 14.1. The molecule has 0 radical (unpaired) electrons. The smallest absolute Gasteiger partial charge is 0.129 e. The van der Waals surface area contributed by atoms with Gasteiger partial charge in [-0.1, -0.05) is 17.7 Å². The quantitative estimate of drug-likeness (QED) is 0.884. The highest BCUT2D eigenvalue weighted by Gasteiger charge is 2.41. The van der Waals surface area contributed by atoms with Crippen LogP contribution in [0.2, 0.25) is 5.02 Å². The molecule has 2 fully saturated rings. The molecule has 0 aromatic heterocycles. The topological polar surface area (TPSA) is 35.2 Å². The first-order chi connectivity index (χ1) is 10.1. The Balaban J connectivity index is 1.79. The fourth-order valence-electron chi connectivity index (χ4n) is 3.53. The molecule has 1 aromatic rings. The van der Waals surface area contributed by atoms with Crippen molar-refractivity contribution >= 4 is 23.4 Å². The van der Waals surface area contributed by atoms with Crippen molar-refractivity contribution in [2.45, 2.75) is 37.3 Å². The summed E-state index contributed by atoms with van der Waals surface area (Å²) in [6.07, 6.45) is 3.94. The molecule has 116 valence electrons. The minimum atomic E-state index is -0.353. The van der Waals surface area contributed by atoms with Crippen LogP contribution < -0.4 is 5.73 Å². The van der Waals surface area contributed by atoms with Gasteiger partial charge in [-0.2, -0.15) is 11.8 Å². The molecule has 0 saturated carbocycles. The molecule has 0 aliphatic carbocycles. The molecule has 2 nitrogen and oxygen atoms in total. The van der Waals surface area contributed by atoms with Crippen molar-refractivity contribution in [1.82, 2.24) is 0 Å². The van der Waals surface area contributed by atoms with E-state index in [2.05, 4.69) is 0 Å². The molecule has 1 aromatic carbocycles. The highest BCUT2D eigenvalue weighted by molar-refractivity contribution is 7.99. The van der Waals surface area contributed by atoms with Gasteiger partial charge in [0.2, 0.25) is 0 Å². The van der Waals surface area contributed by atoms with Crippen LogP contribution in [0.15, 0.2) is 18.2 Å². The van der Waals surface area contributed by atoms with Crippen molar-refractivity contribution < 1.29 is 9.13 Å². The first kappa shape index (κ1) is 15.6. The third kappa shape index (κ3) is 3.24. The van der Waals surface area contributed by atoms with Crippen LogP contribution in [-0.2, 0) is 4.74 Å². The number of thioether (sulfide) groups is 1. The molecule has 2 aliphatic heterocycles. The lowest BCUT2D eigenvalue weighted by Crippen LogP contribution is -2.45. The summed E-state index contributed by atoms with van der Waals surface area (Å²) in [4.78, 5) is 0. The second kappa shape index (κ2) is 6.45. The zero-order chi connectivity index (χ0) is 14.9. The number of ether oxygens (including phenoxy) is 1. The summed E-state index contributed by atoms with van der Waals surface area (Å²) in [6.45, 7) is 0.717. The van der Waals surface area contributed by atoms with E-state index in [1.165, 1.54) is 6.07 Å². The van der Waals surface area contributed by atoms with Crippen LogP contribution in [0.1, 0.15) is 37.3 Å². The zero-order valence-electron chi connectivity index (χ0n) is 12.0. The van der Waals surface area contributed by atoms with Gasteiger partial charge in [0.1, 0.15) is 5.82 Å². The largest absolute Gasteiger partial charge is 0.375 e. The predicted molar refractivity (Wildman–Crippen MR) is 86.3 cm³/mol. The van der Waals surface area contributed by atoms with Crippen molar-refractivity contribution in [2.24, 2.45) is 11.7 Å². The van der Waals surface area contributed by atoms with E-state index in [4.69, 9.17) is 22.1 Å². The molecule has 2 saturated heterocycles. The highest BCUT2D eigenvalue weighted by Crippen LogP contribution is 2.44. The van der Waals surface area contributed by atoms with E-state index in [0.717, 1.165) is 43.8 Å². The summed E-state index contributed by atoms with van der Waals surface area (Å²) >= 11 is 8.15. The summed E-state index contributed by atoms with van der Waals surface area (Å²) < 4.78 is 20.2. The average molecular weight is 330 g/mol. The highest BCUT2D eigenvalue weighted by atomic mass is 35.5. The van der Waals surface area contributed by atoms with Crippen molar-refractivity contribution in [3.8, 4) is 0 Å². The van der Waals surface area contributed by atoms with Gasteiger partial charge in [0.05, 0.1) is 5.60 Å². The van der Waals surface area contributed by atoms with Crippen molar-refractivity contribution in [2.75, 3.05) is 18.1 Å². The molecular weight excluding hydrogens is 309 g/mol. The van der Waals surface area contributed by atoms with Gasteiger partial charge in [-0.05, 0) is 55.2 Å². The third-order valence-electron chi connectivity index (χ3n) is 4.78. The minimum absolute atomic E-state index is 0.0382. The SMILES string of the molecule is NC(c1c(F)cccc1Cl)C1CCOC2(CCSCC2)C1.